The normalized spacial score (nSPS) is 17.1. The summed E-state index contributed by atoms with van der Waals surface area (Å²) in [5, 5.41) is 3.12. The number of anilines is 1. The third-order valence-electron chi connectivity index (χ3n) is 4.34. The molecule has 0 saturated heterocycles. The summed E-state index contributed by atoms with van der Waals surface area (Å²) < 4.78 is 0. The number of fused-ring (bicyclic) bond motifs is 1. The molecule has 0 bridgehead atoms. The third kappa shape index (κ3) is 2.85. The second kappa shape index (κ2) is 5.72. The Bertz CT molecular complexity index is 675. The van der Waals surface area contributed by atoms with Crippen LogP contribution in [0.5, 0.6) is 0 Å². The van der Waals surface area contributed by atoms with E-state index >= 15 is 0 Å². The Morgan fingerprint density at radius 2 is 1.95 bits per heavy atom. The van der Waals surface area contributed by atoms with Gasteiger partial charge in [0.2, 0.25) is 5.91 Å². The van der Waals surface area contributed by atoms with Gasteiger partial charge >= 0.3 is 0 Å². The topological polar surface area (TPSA) is 29.1 Å². The van der Waals surface area contributed by atoms with Crippen LogP contribution in [0.1, 0.15) is 41.0 Å². The van der Waals surface area contributed by atoms with Crippen LogP contribution < -0.4 is 5.32 Å². The lowest BCUT2D eigenvalue weighted by Crippen LogP contribution is -2.25. The summed E-state index contributed by atoms with van der Waals surface area (Å²) in [6, 6.07) is 14.5. The standard InChI is InChI=1S/C19H21NO/c1-13-10-11-14(2)18(12-13)20-19(21)17-9-5-7-15-6-3-4-8-16(15)17/h3-4,6,8,10-12,17H,5,7,9H2,1-2H3,(H,20,21). The van der Waals surface area contributed by atoms with Crippen LogP contribution in [0, 0.1) is 13.8 Å². The molecule has 1 unspecified atom stereocenters. The van der Waals surface area contributed by atoms with E-state index in [-0.39, 0.29) is 11.8 Å². The maximum atomic E-state index is 12.7. The van der Waals surface area contributed by atoms with Crippen LogP contribution in [-0.2, 0) is 11.2 Å². The molecule has 1 aliphatic carbocycles. The van der Waals surface area contributed by atoms with Crippen molar-refractivity contribution in [3.63, 3.8) is 0 Å². The van der Waals surface area contributed by atoms with Gasteiger partial charge in [-0.15, -0.1) is 0 Å². The molecule has 1 amide bonds. The molecule has 2 nitrogen and oxygen atoms in total. The Morgan fingerprint density at radius 3 is 2.81 bits per heavy atom. The quantitative estimate of drug-likeness (QED) is 0.869. The van der Waals surface area contributed by atoms with Gasteiger partial charge in [0.15, 0.2) is 0 Å². The molecule has 0 spiro atoms. The first kappa shape index (κ1) is 13.9. The first-order valence-corrected chi connectivity index (χ1v) is 7.61. The maximum absolute atomic E-state index is 12.7. The van der Waals surface area contributed by atoms with E-state index in [4.69, 9.17) is 0 Å². The first-order chi connectivity index (χ1) is 10.1. The molecule has 0 saturated carbocycles. The number of carbonyl (C=O) groups is 1. The van der Waals surface area contributed by atoms with Gasteiger partial charge in [-0.3, -0.25) is 4.79 Å². The summed E-state index contributed by atoms with van der Waals surface area (Å²) in [5.41, 5.74) is 5.73. The van der Waals surface area contributed by atoms with Crippen molar-refractivity contribution in [2.75, 3.05) is 5.32 Å². The number of hydrogen-bond acceptors (Lipinski definition) is 1. The van der Waals surface area contributed by atoms with Crippen molar-refractivity contribution in [1.82, 2.24) is 0 Å². The van der Waals surface area contributed by atoms with Crippen LogP contribution in [0.15, 0.2) is 42.5 Å². The molecule has 0 aliphatic heterocycles. The number of amides is 1. The van der Waals surface area contributed by atoms with Gasteiger partial charge in [0.05, 0.1) is 5.92 Å². The number of carbonyl (C=O) groups excluding carboxylic acids is 1. The van der Waals surface area contributed by atoms with Crippen molar-refractivity contribution in [1.29, 1.82) is 0 Å². The van der Waals surface area contributed by atoms with Crippen LogP contribution in [0.2, 0.25) is 0 Å². The van der Waals surface area contributed by atoms with Crippen molar-refractivity contribution in [3.05, 3.63) is 64.7 Å². The second-order valence-corrected chi connectivity index (χ2v) is 5.95. The van der Waals surface area contributed by atoms with Crippen molar-refractivity contribution in [2.45, 2.75) is 39.0 Å². The van der Waals surface area contributed by atoms with E-state index in [9.17, 15) is 4.79 Å². The molecule has 2 heteroatoms. The number of aryl methyl sites for hydroxylation is 3. The highest BCUT2D eigenvalue weighted by Gasteiger charge is 2.26. The molecular formula is C19H21NO. The van der Waals surface area contributed by atoms with Crippen LogP contribution in [0.4, 0.5) is 5.69 Å². The molecule has 1 N–H and O–H groups in total. The molecule has 1 aliphatic rings. The number of rotatable bonds is 2. The highest BCUT2D eigenvalue weighted by Crippen LogP contribution is 2.32. The largest absolute Gasteiger partial charge is 0.325 e. The van der Waals surface area contributed by atoms with Gasteiger partial charge in [-0.1, -0.05) is 36.4 Å². The Hall–Kier alpha value is -2.09. The Kier molecular flexibility index (Phi) is 3.78. The van der Waals surface area contributed by atoms with Gasteiger partial charge < -0.3 is 5.32 Å². The highest BCUT2D eigenvalue weighted by molar-refractivity contribution is 5.96. The van der Waals surface area contributed by atoms with Gasteiger partial charge in [-0.25, -0.2) is 0 Å². The number of nitrogens with one attached hydrogen (secondary N) is 1. The minimum Gasteiger partial charge on any atom is -0.325 e. The Balaban J connectivity index is 1.85. The molecule has 0 radical (unpaired) electrons. The zero-order valence-corrected chi connectivity index (χ0v) is 12.6. The molecule has 108 valence electrons. The van der Waals surface area contributed by atoms with Crippen molar-refractivity contribution < 1.29 is 4.79 Å². The number of hydrogen-bond donors (Lipinski definition) is 1. The summed E-state index contributed by atoms with van der Waals surface area (Å²) in [6.45, 7) is 4.08. The SMILES string of the molecule is Cc1ccc(C)c(NC(=O)C2CCCc3ccccc32)c1. The van der Waals surface area contributed by atoms with Gasteiger partial charge in [0.25, 0.3) is 0 Å². The third-order valence-corrected chi connectivity index (χ3v) is 4.34. The summed E-state index contributed by atoms with van der Waals surface area (Å²) in [5.74, 6) is 0.103. The van der Waals surface area contributed by atoms with Crippen LogP contribution in [0.3, 0.4) is 0 Å². The van der Waals surface area contributed by atoms with E-state index in [0.29, 0.717) is 0 Å². The summed E-state index contributed by atoms with van der Waals surface area (Å²) in [4.78, 5) is 12.7. The molecule has 0 aromatic heterocycles. The summed E-state index contributed by atoms with van der Waals surface area (Å²) in [6.07, 6.45) is 3.11. The van der Waals surface area contributed by atoms with Gasteiger partial charge in [-0.05, 0) is 61.4 Å². The molecule has 21 heavy (non-hydrogen) atoms. The van der Waals surface area contributed by atoms with E-state index in [0.717, 1.165) is 30.5 Å². The first-order valence-electron chi connectivity index (χ1n) is 7.61. The van der Waals surface area contributed by atoms with Gasteiger partial charge in [0.1, 0.15) is 0 Å². The molecule has 0 fully saturated rings. The molecule has 2 aromatic rings. The summed E-state index contributed by atoms with van der Waals surface area (Å²) >= 11 is 0. The zero-order valence-electron chi connectivity index (χ0n) is 12.6. The van der Waals surface area contributed by atoms with Crippen LogP contribution >= 0.6 is 0 Å². The van der Waals surface area contributed by atoms with E-state index in [1.54, 1.807) is 0 Å². The van der Waals surface area contributed by atoms with E-state index < -0.39 is 0 Å². The second-order valence-electron chi connectivity index (χ2n) is 5.95. The maximum Gasteiger partial charge on any atom is 0.231 e. The predicted octanol–water partition coefficient (Wildman–Crippen LogP) is 4.36. The molecule has 0 heterocycles. The van der Waals surface area contributed by atoms with Crippen LogP contribution in [-0.4, -0.2) is 5.91 Å². The minimum atomic E-state index is -0.0186. The fraction of sp³-hybridized carbons (Fsp3) is 0.316. The van der Waals surface area contributed by atoms with E-state index in [1.165, 1.54) is 16.7 Å². The molecule has 3 rings (SSSR count). The Labute approximate surface area is 126 Å². The van der Waals surface area contributed by atoms with Crippen molar-refractivity contribution >= 4 is 11.6 Å². The lowest BCUT2D eigenvalue weighted by Gasteiger charge is -2.25. The van der Waals surface area contributed by atoms with Crippen LogP contribution in [0.25, 0.3) is 0 Å². The molecule has 2 aromatic carbocycles. The average molecular weight is 279 g/mol. The van der Waals surface area contributed by atoms with E-state index in [2.05, 4.69) is 35.6 Å². The zero-order chi connectivity index (χ0) is 14.8. The fourth-order valence-electron chi connectivity index (χ4n) is 3.12. The monoisotopic (exact) mass is 279 g/mol. The molecular weight excluding hydrogens is 258 g/mol. The van der Waals surface area contributed by atoms with Crippen molar-refractivity contribution in [3.8, 4) is 0 Å². The number of benzene rings is 2. The minimum absolute atomic E-state index is 0.0186. The van der Waals surface area contributed by atoms with Crippen molar-refractivity contribution in [2.24, 2.45) is 0 Å². The smallest absolute Gasteiger partial charge is 0.231 e. The van der Waals surface area contributed by atoms with Gasteiger partial charge in [0, 0.05) is 5.69 Å². The van der Waals surface area contributed by atoms with E-state index in [1.807, 2.05) is 26.0 Å². The lowest BCUT2D eigenvalue weighted by molar-refractivity contribution is -0.117. The highest BCUT2D eigenvalue weighted by atomic mass is 16.1. The lowest BCUT2D eigenvalue weighted by atomic mass is 9.82. The summed E-state index contributed by atoms with van der Waals surface area (Å²) in [7, 11) is 0. The van der Waals surface area contributed by atoms with Gasteiger partial charge in [-0.2, -0.15) is 0 Å². The molecule has 1 atom stereocenters. The average Bonchev–Trinajstić information content (AvgIpc) is 2.50. The fourth-order valence-corrected chi connectivity index (χ4v) is 3.12. The predicted molar refractivity (Wildman–Crippen MR) is 86.7 cm³/mol. The Morgan fingerprint density at radius 1 is 1.14 bits per heavy atom.